The standard InChI is InChI=1S/C14H21BrN2O.ClH/c1-9(2)14(4,8-16)17-13(18)12-7-11(15)6-5-10(12)3;/h5-7,9H,8,16H2,1-4H3,(H,17,18);1H. The molecule has 5 heteroatoms. The molecule has 3 N–H and O–H groups in total. The first-order valence-electron chi connectivity index (χ1n) is 6.09. The van der Waals surface area contributed by atoms with Crippen molar-refractivity contribution in [1.82, 2.24) is 5.32 Å². The predicted octanol–water partition coefficient (Wildman–Crippen LogP) is 3.28. The third kappa shape index (κ3) is 4.48. The highest BCUT2D eigenvalue weighted by Gasteiger charge is 2.29. The van der Waals surface area contributed by atoms with Crippen molar-refractivity contribution >= 4 is 34.2 Å². The van der Waals surface area contributed by atoms with Gasteiger partial charge in [-0.15, -0.1) is 12.4 Å². The number of carbonyl (C=O) groups is 1. The minimum absolute atomic E-state index is 0. The van der Waals surface area contributed by atoms with Crippen LogP contribution >= 0.6 is 28.3 Å². The fourth-order valence-electron chi connectivity index (χ4n) is 1.60. The summed E-state index contributed by atoms with van der Waals surface area (Å²) in [5.74, 6) is 0.203. The van der Waals surface area contributed by atoms with Crippen LogP contribution in [0.1, 0.15) is 36.7 Å². The largest absolute Gasteiger partial charge is 0.345 e. The Labute approximate surface area is 129 Å². The second kappa shape index (κ2) is 7.27. The molecule has 0 aliphatic heterocycles. The molecule has 1 amide bonds. The number of hydrogen-bond donors (Lipinski definition) is 2. The van der Waals surface area contributed by atoms with E-state index in [2.05, 4.69) is 35.1 Å². The summed E-state index contributed by atoms with van der Waals surface area (Å²) in [4.78, 5) is 12.3. The van der Waals surface area contributed by atoms with E-state index in [4.69, 9.17) is 5.73 Å². The van der Waals surface area contributed by atoms with Gasteiger partial charge in [-0.25, -0.2) is 0 Å². The van der Waals surface area contributed by atoms with Crippen molar-refractivity contribution in [2.24, 2.45) is 11.7 Å². The van der Waals surface area contributed by atoms with E-state index in [1.807, 2.05) is 32.0 Å². The summed E-state index contributed by atoms with van der Waals surface area (Å²) in [6.07, 6.45) is 0. The number of hydrogen-bond acceptors (Lipinski definition) is 2. The maximum Gasteiger partial charge on any atom is 0.252 e. The van der Waals surface area contributed by atoms with Crippen molar-refractivity contribution in [1.29, 1.82) is 0 Å². The Balaban J connectivity index is 0.00000324. The maximum atomic E-state index is 12.3. The van der Waals surface area contributed by atoms with Gasteiger partial charge in [-0.05, 0) is 37.5 Å². The molecular weight excluding hydrogens is 328 g/mol. The molecule has 1 unspecified atom stereocenters. The summed E-state index contributed by atoms with van der Waals surface area (Å²) in [5.41, 5.74) is 7.04. The lowest BCUT2D eigenvalue weighted by atomic mass is 9.88. The highest BCUT2D eigenvalue weighted by atomic mass is 79.9. The van der Waals surface area contributed by atoms with E-state index in [0.29, 0.717) is 12.1 Å². The zero-order valence-electron chi connectivity index (χ0n) is 11.8. The zero-order chi connectivity index (χ0) is 13.9. The fraction of sp³-hybridized carbons (Fsp3) is 0.500. The summed E-state index contributed by atoms with van der Waals surface area (Å²) in [7, 11) is 0. The molecule has 0 radical (unpaired) electrons. The van der Waals surface area contributed by atoms with Gasteiger partial charge < -0.3 is 11.1 Å². The summed E-state index contributed by atoms with van der Waals surface area (Å²) >= 11 is 3.39. The lowest BCUT2D eigenvalue weighted by Crippen LogP contribution is -2.55. The molecule has 0 bridgehead atoms. The number of benzene rings is 1. The zero-order valence-corrected chi connectivity index (χ0v) is 14.2. The molecule has 1 aromatic rings. The van der Waals surface area contributed by atoms with Crippen LogP contribution in [0.3, 0.4) is 0 Å². The van der Waals surface area contributed by atoms with Crippen LogP contribution in [0.25, 0.3) is 0 Å². The highest BCUT2D eigenvalue weighted by molar-refractivity contribution is 9.10. The highest BCUT2D eigenvalue weighted by Crippen LogP contribution is 2.19. The molecule has 0 aliphatic carbocycles. The maximum absolute atomic E-state index is 12.3. The second-order valence-electron chi connectivity index (χ2n) is 5.19. The Kier molecular flexibility index (Phi) is 7.05. The average Bonchev–Trinajstić information content (AvgIpc) is 2.31. The Morgan fingerprint density at radius 3 is 2.53 bits per heavy atom. The Morgan fingerprint density at radius 2 is 2.05 bits per heavy atom. The minimum atomic E-state index is -0.383. The number of aryl methyl sites for hydroxylation is 1. The number of rotatable bonds is 4. The minimum Gasteiger partial charge on any atom is -0.345 e. The van der Waals surface area contributed by atoms with Crippen molar-refractivity contribution in [3.63, 3.8) is 0 Å². The smallest absolute Gasteiger partial charge is 0.252 e. The third-order valence-electron chi connectivity index (χ3n) is 3.54. The Hall–Kier alpha value is -0.580. The number of halogens is 2. The van der Waals surface area contributed by atoms with Gasteiger partial charge in [0, 0.05) is 16.6 Å². The van der Waals surface area contributed by atoms with Gasteiger partial charge in [0.2, 0.25) is 0 Å². The van der Waals surface area contributed by atoms with Crippen LogP contribution in [0, 0.1) is 12.8 Å². The predicted molar refractivity (Wildman–Crippen MR) is 85.9 cm³/mol. The lowest BCUT2D eigenvalue weighted by molar-refractivity contribution is 0.0882. The van der Waals surface area contributed by atoms with Gasteiger partial charge in [0.1, 0.15) is 0 Å². The van der Waals surface area contributed by atoms with Gasteiger partial charge in [-0.1, -0.05) is 35.8 Å². The van der Waals surface area contributed by atoms with Crippen LogP contribution in [-0.4, -0.2) is 18.0 Å². The van der Waals surface area contributed by atoms with Crippen LogP contribution in [0.4, 0.5) is 0 Å². The van der Waals surface area contributed by atoms with E-state index in [0.717, 1.165) is 10.0 Å². The van der Waals surface area contributed by atoms with Crippen molar-refractivity contribution in [2.75, 3.05) is 6.54 Å². The Morgan fingerprint density at radius 1 is 1.47 bits per heavy atom. The summed E-state index contributed by atoms with van der Waals surface area (Å²) in [6.45, 7) is 8.44. The van der Waals surface area contributed by atoms with Crippen LogP contribution in [0.5, 0.6) is 0 Å². The van der Waals surface area contributed by atoms with E-state index in [1.165, 1.54) is 0 Å². The SMILES string of the molecule is Cc1ccc(Br)cc1C(=O)NC(C)(CN)C(C)C.Cl. The first-order valence-corrected chi connectivity index (χ1v) is 6.88. The summed E-state index contributed by atoms with van der Waals surface area (Å²) in [5, 5.41) is 3.04. The van der Waals surface area contributed by atoms with Crippen molar-refractivity contribution in [2.45, 2.75) is 33.2 Å². The van der Waals surface area contributed by atoms with E-state index < -0.39 is 0 Å². The fourth-order valence-corrected chi connectivity index (χ4v) is 1.96. The van der Waals surface area contributed by atoms with Gasteiger partial charge in [-0.3, -0.25) is 4.79 Å². The molecule has 3 nitrogen and oxygen atoms in total. The molecule has 0 spiro atoms. The van der Waals surface area contributed by atoms with Gasteiger partial charge in [-0.2, -0.15) is 0 Å². The molecule has 0 saturated carbocycles. The third-order valence-corrected chi connectivity index (χ3v) is 4.03. The van der Waals surface area contributed by atoms with Gasteiger partial charge in [0.25, 0.3) is 5.91 Å². The molecule has 1 aromatic carbocycles. The molecule has 0 heterocycles. The van der Waals surface area contributed by atoms with Gasteiger partial charge >= 0.3 is 0 Å². The van der Waals surface area contributed by atoms with Gasteiger partial charge in [0.15, 0.2) is 0 Å². The molecule has 0 fully saturated rings. The molecule has 1 atom stereocenters. The molecule has 108 valence electrons. The van der Waals surface area contributed by atoms with E-state index in [1.54, 1.807) is 0 Å². The second-order valence-corrected chi connectivity index (χ2v) is 6.11. The topological polar surface area (TPSA) is 55.1 Å². The van der Waals surface area contributed by atoms with Crippen molar-refractivity contribution < 1.29 is 4.79 Å². The van der Waals surface area contributed by atoms with Gasteiger partial charge in [0.05, 0.1) is 5.54 Å². The lowest BCUT2D eigenvalue weighted by Gasteiger charge is -2.33. The first kappa shape index (κ1) is 18.4. The number of nitrogens with two attached hydrogens (primary N) is 1. The van der Waals surface area contributed by atoms with Crippen LogP contribution in [-0.2, 0) is 0 Å². The summed E-state index contributed by atoms with van der Waals surface area (Å²) < 4.78 is 0.900. The molecular formula is C14H22BrClN2O. The number of carbonyl (C=O) groups excluding carboxylic acids is 1. The number of nitrogens with one attached hydrogen (secondary N) is 1. The molecule has 0 saturated heterocycles. The molecule has 0 aliphatic rings. The average molecular weight is 350 g/mol. The number of amides is 1. The monoisotopic (exact) mass is 348 g/mol. The Bertz CT molecular complexity index is 451. The van der Waals surface area contributed by atoms with E-state index >= 15 is 0 Å². The van der Waals surface area contributed by atoms with Crippen LogP contribution < -0.4 is 11.1 Å². The quantitative estimate of drug-likeness (QED) is 0.876. The normalized spacial score (nSPS) is 13.6. The first-order chi connectivity index (χ1) is 8.30. The van der Waals surface area contributed by atoms with Crippen molar-refractivity contribution in [3.05, 3.63) is 33.8 Å². The van der Waals surface area contributed by atoms with E-state index in [9.17, 15) is 4.79 Å². The van der Waals surface area contributed by atoms with Crippen LogP contribution in [0.2, 0.25) is 0 Å². The van der Waals surface area contributed by atoms with Crippen molar-refractivity contribution in [3.8, 4) is 0 Å². The molecule has 19 heavy (non-hydrogen) atoms. The van der Waals surface area contributed by atoms with Crippen LogP contribution in [0.15, 0.2) is 22.7 Å². The molecule has 1 rings (SSSR count). The summed E-state index contributed by atoms with van der Waals surface area (Å²) in [6, 6.07) is 5.69. The van der Waals surface area contributed by atoms with E-state index in [-0.39, 0.29) is 29.8 Å². The molecule has 0 aromatic heterocycles.